The third-order valence-electron chi connectivity index (χ3n) is 5.00. The van der Waals surface area contributed by atoms with Crippen LogP contribution >= 0.6 is 23.5 Å². The number of likely N-dealkylation sites (tertiary alicyclic amines) is 1. The zero-order valence-corrected chi connectivity index (χ0v) is 14.5. The number of quaternary nitrogens is 1. The van der Waals surface area contributed by atoms with E-state index in [9.17, 15) is 19.8 Å². The van der Waals surface area contributed by atoms with Crippen LogP contribution in [0.3, 0.4) is 0 Å². The Balaban J connectivity index is 2.08. The summed E-state index contributed by atoms with van der Waals surface area (Å²) < 4.78 is -0.743. The molecule has 0 aromatic heterocycles. The summed E-state index contributed by atoms with van der Waals surface area (Å²) in [6.45, 7) is 2.14. The van der Waals surface area contributed by atoms with E-state index in [1.165, 1.54) is 0 Å². The zero-order valence-electron chi connectivity index (χ0n) is 12.9. The number of nitrogens with zero attached hydrogens (tertiary/aromatic N) is 1. The molecule has 2 saturated heterocycles. The molecule has 0 radical (unpaired) electrons. The lowest BCUT2D eigenvalue weighted by molar-refractivity contribution is -0.897. The maximum Gasteiger partial charge on any atom is 0.514 e. The van der Waals surface area contributed by atoms with Crippen LogP contribution in [0.4, 0.5) is 4.79 Å². The highest BCUT2D eigenvalue weighted by Gasteiger charge is 2.71. The number of aliphatic carboxylic acids is 1. The molecule has 2 fully saturated rings. The first-order valence-corrected chi connectivity index (χ1v) is 9.47. The third-order valence-corrected chi connectivity index (χ3v) is 8.39. The van der Waals surface area contributed by atoms with Gasteiger partial charge in [-0.15, -0.1) is 23.5 Å². The number of hydrogen-bond donors (Lipinski definition) is 2. The van der Waals surface area contributed by atoms with E-state index in [4.69, 9.17) is 0 Å². The fourth-order valence-corrected chi connectivity index (χ4v) is 7.37. The second-order valence-electron chi connectivity index (χ2n) is 6.42. The Hall–Kier alpha value is -1.18. The number of amides is 1. The average Bonchev–Trinajstić information content (AvgIpc) is 3.04. The first kappa shape index (κ1) is 16.7. The van der Waals surface area contributed by atoms with Crippen LogP contribution in [-0.2, 0) is 11.3 Å². The van der Waals surface area contributed by atoms with E-state index in [0.29, 0.717) is 13.0 Å². The minimum absolute atomic E-state index is 0.196. The second-order valence-corrected chi connectivity index (χ2v) is 9.63. The molecular weight excluding hydrogens is 334 g/mol. The fourth-order valence-electron chi connectivity index (χ4n) is 3.74. The molecule has 1 spiro atoms. The molecule has 0 bridgehead atoms. The smallest absolute Gasteiger partial charge is 0.477 e. The lowest BCUT2D eigenvalue weighted by Crippen LogP contribution is -2.65. The Morgan fingerprint density at radius 3 is 2.30 bits per heavy atom. The number of carboxylic acids is 1. The molecule has 124 valence electrons. The molecule has 1 aromatic carbocycles. The number of rotatable bonds is 3. The summed E-state index contributed by atoms with van der Waals surface area (Å²) in [4.78, 5) is 24.4. The van der Waals surface area contributed by atoms with Crippen LogP contribution in [-0.4, -0.2) is 54.4 Å². The highest BCUT2D eigenvalue weighted by molar-refractivity contribution is 8.21. The number of carbonyl (C=O) groups is 2. The molecule has 1 amide bonds. The van der Waals surface area contributed by atoms with E-state index in [2.05, 4.69) is 0 Å². The van der Waals surface area contributed by atoms with Gasteiger partial charge < -0.3 is 10.2 Å². The van der Waals surface area contributed by atoms with Gasteiger partial charge in [0.1, 0.15) is 17.2 Å². The predicted octanol–water partition coefficient (Wildman–Crippen LogP) is 3.10. The Labute approximate surface area is 143 Å². The van der Waals surface area contributed by atoms with Crippen LogP contribution < -0.4 is 0 Å². The van der Waals surface area contributed by atoms with Gasteiger partial charge in [0.15, 0.2) is 0 Å². The van der Waals surface area contributed by atoms with Gasteiger partial charge in [-0.1, -0.05) is 30.3 Å². The molecule has 1 aromatic rings. The Morgan fingerprint density at radius 2 is 1.78 bits per heavy atom. The van der Waals surface area contributed by atoms with E-state index < -0.39 is 22.1 Å². The number of carboxylic acid groups (broad SMARTS) is 2. The maximum absolute atomic E-state index is 12.3. The van der Waals surface area contributed by atoms with E-state index >= 15 is 0 Å². The molecule has 7 heteroatoms. The topological polar surface area (TPSA) is 74.6 Å². The normalized spacial score (nSPS) is 32.2. The molecule has 23 heavy (non-hydrogen) atoms. The lowest BCUT2D eigenvalue weighted by Gasteiger charge is -2.39. The molecule has 0 saturated carbocycles. The van der Waals surface area contributed by atoms with Gasteiger partial charge in [-0.3, -0.25) is 0 Å². The van der Waals surface area contributed by atoms with Crippen LogP contribution in [0.15, 0.2) is 30.3 Å². The van der Waals surface area contributed by atoms with Crippen LogP contribution in [0.5, 0.6) is 0 Å². The van der Waals surface area contributed by atoms with Crippen molar-refractivity contribution in [3.63, 3.8) is 0 Å². The van der Waals surface area contributed by atoms with Crippen LogP contribution in [0.1, 0.15) is 18.9 Å². The van der Waals surface area contributed by atoms with E-state index in [1.54, 1.807) is 30.4 Å². The zero-order chi connectivity index (χ0) is 16.7. The average molecular weight is 354 g/mol. The summed E-state index contributed by atoms with van der Waals surface area (Å²) in [5.74, 6) is 0.872. The largest absolute Gasteiger partial charge is 0.514 e. The van der Waals surface area contributed by atoms with E-state index in [-0.39, 0.29) is 10.6 Å². The molecule has 1 unspecified atom stereocenters. The van der Waals surface area contributed by atoms with Crippen molar-refractivity contribution in [2.45, 2.75) is 29.5 Å². The van der Waals surface area contributed by atoms with Crippen LogP contribution in [0.2, 0.25) is 0 Å². The monoisotopic (exact) mass is 354 g/mol. The molecule has 5 nitrogen and oxygen atoms in total. The molecular formula is C16H20NO4S2+. The van der Waals surface area contributed by atoms with Gasteiger partial charge in [0.25, 0.3) is 0 Å². The first-order valence-electron chi connectivity index (χ1n) is 7.50. The Kier molecular flexibility index (Phi) is 4.14. The highest BCUT2D eigenvalue weighted by Crippen LogP contribution is 2.58. The summed E-state index contributed by atoms with van der Waals surface area (Å²) >= 11 is 3.45. The first-order chi connectivity index (χ1) is 10.8. The van der Waals surface area contributed by atoms with E-state index in [1.807, 2.05) is 30.3 Å². The quantitative estimate of drug-likeness (QED) is 0.813. The SMILES string of the molecule is C[C@@]1(C(=O)O)CC2(C[N+]1(Cc1ccccc1)C(=O)O)SCCS2. The summed E-state index contributed by atoms with van der Waals surface area (Å²) in [5, 5.41) is 19.9. The minimum Gasteiger partial charge on any atom is -0.477 e. The van der Waals surface area contributed by atoms with Gasteiger partial charge in [-0.2, -0.15) is 4.79 Å². The van der Waals surface area contributed by atoms with Gasteiger partial charge in [-0.05, 0) is 0 Å². The molecule has 2 N–H and O–H groups in total. The molecule has 2 aliphatic rings. The van der Waals surface area contributed by atoms with Crippen molar-refractivity contribution in [3.8, 4) is 0 Å². The predicted molar refractivity (Wildman–Crippen MR) is 91.6 cm³/mol. The van der Waals surface area contributed by atoms with E-state index in [0.717, 1.165) is 17.1 Å². The van der Waals surface area contributed by atoms with Gasteiger partial charge in [0.05, 0.1) is 0 Å². The fraction of sp³-hybridized carbons (Fsp3) is 0.500. The van der Waals surface area contributed by atoms with Crippen molar-refractivity contribution in [3.05, 3.63) is 35.9 Å². The summed E-state index contributed by atoms with van der Waals surface area (Å²) in [6, 6.07) is 9.32. The van der Waals surface area contributed by atoms with Crippen molar-refractivity contribution < 1.29 is 24.3 Å². The standard InChI is InChI=1S/C16H19NO4S2/c1-15(13(18)19)10-16(22-7-8-23-16)11-17(15,14(20)21)9-12-5-3-2-4-6-12/h2-6H,7-11H2,1H3,(H-,18,19,20,21)/p+1/t15-,17?/m0/s1. The van der Waals surface area contributed by atoms with Crippen molar-refractivity contribution >= 4 is 35.6 Å². The molecule has 2 atom stereocenters. The molecule has 2 heterocycles. The third kappa shape index (κ3) is 2.55. The molecule has 0 aliphatic carbocycles. The summed E-state index contributed by atoms with van der Waals surface area (Å²) in [6.07, 6.45) is -0.673. The van der Waals surface area contributed by atoms with Gasteiger partial charge in [0, 0.05) is 30.4 Å². The van der Waals surface area contributed by atoms with Crippen molar-refractivity contribution in [2.24, 2.45) is 0 Å². The Bertz CT molecular complexity index is 632. The summed E-state index contributed by atoms with van der Waals surface area (Å²) in [7, 11) is 0. The number of thioether (sulfide) groups is 2. The van der Waals surface area contributed by atoms with Crippen LogP contribution in [0, 0.1) is 0 Å². The Morgan fingerprint density at radius 1 is 1.17 bits per heavy atom. The minimum atomic E-state index is -1.33. The van der Waals surface area contributed by atoms with Gasteiger partial charge >= 0.3 is 12.1 Å². The lowest BCUT2D eigenvalue weighted by atomic mass is 9.95. The van der Waals surface area contributed by atoms with Crippen molar-refractivity contribution in [1.29, 1.82) is 0 Å². The van der Waals surface area contributed by atoms with Crippen molar-refractivity contribution in [1.82, 2.24) is 0 Å². The van der Waals surface area contributed by atoms with Crippen LogP contribution in [0.25, 0.3) is 0 Å². The van der Waals surface area contributed by atoms with Gasteiger partial charge in [0.2, 0.25) is 5.54 Å². The van der Waals surface area contributed by atoms with Gasteiger partial charge in [-0.25, -0.2) is 9.28 Å². The van der Waals surface area contributed by atoms with Crippen molar-refractivity contribution in [2.75, 3.05) is 18.1 Å². The molecule has 2 aliphatic heterocycles. The molecule has 3 rings (SSSR count). The summed E-state index contributed by atoms with van der Waals surface area (Å²) in [5.41, 5.74) is -0.473. The highest BCUT2D eigenvalue weighted by atomic mass is 32.2. The maximum atomic E-state index is 12.3. The second kappa shape index (κ2) is 5.72. The number of benzene rings is 1. The number of hydrogen-bond acceptors (Lipinski definition) is 4.